The van der Waals surface area contributed by atoms with E-state index in [9.17, 15) is 4.79 Å². The molecule has 0 fully saturated rings. The zero-order valence-corrected chi connectivity index (χ0v) is 11.2. The van der Waals surface area contributed by atoms with E-state index in [1.54, 1.807) is 11.3 Å². The topological polar surface area (TPSA) is 43.1 Å². The van der Waals surface area contributed by atoms with Gasteiger partial charge in [0.1, 0.15) is 5.78 Å². The lowest BCUT2D eigenvalue weighted by atomic mass is 9.81. The summed E-state index contributed by atoms with van der Waals surface area (Å²) in [6, 6.07) is 4.17. The fourth-order valence-corrected chi connectivity index (χ4v) is 2.49. The van der Waals surface area contributed by atoms with Crippen LogP contribution in [0.2, 0.25) is 0 Å². The molecule has 0 amide bonds. The van der Waals surface area contributed by atoms with Gasteiger partial charge >= 0.3 is 0 Å². The minimum absolute atomic E-state index is 0.266. The van der Waals surface area contributed by atoms with Crippen LogP contribution < -0.4 is 5.73 Å². The third kappa shape index (κ3) is 2.92. The van der Waals surface area contributed by atoms with Crippen molar-refractivity contribution < 1.29 is 4.79 Å². The molecule has 1 heterocycles. The molecule has 16 heavy (non-hydrogen) atoms. The third-order valence-corrected chi connectivity index (χ3v) is 4.53. The molecule has 1 atom stereocenters. The number of aryl methyl sites for hydroxylation is 1. The Morgan fingerprint density at radius 1 is 1.38 bits per heavy atom. The van der Waals surface area contributed by atoms with Gasteiger partial charge in [0.05, 0.1) is 0 Å². The first-order valence-electron chi connectivity index (χ1n) is 5.86. The lowest BCUT2D eigenvalue weighted by Gasteiger charge is -2.24. The van der Waals surface area contributed by atoms with Gasteiger partial charge in [0, 0.05) is 28.1 Å². The van der Waals surface area contributed by atoms with Crippen molar-refractivity contribution in [2.45, 2.75) is 40.0 Å². The summed E-state index contributed by atoms with van der Waals surface area (Å²) in [5.41, 5.74) is 5.34. The van der Waals surface area contributed by atoms with E-state index in [0.29, 0.717) is 13.0 Å². The first-order chi connectivity index (χ1) is 7.55. The number of carbonyl (C=O) groups excluding carboxylic acids is 1. The molecule has 0 aliphatic rings. The first-order valence-corrected chi connectivity index (χ1v) is 6.68. The fraction of sp³-hybridized carbons (Fsp3) is 0.615. The zero-order chi connectivity index (χ0) is 12.2. The van der Waals surface area contributed by atoms with Gasteiger partial charge in [-0.25, -0.2) is 0 Å². The molecule has 1 rings (SSSR count). The molecule has 3 heteroatoms. The van der Waals surface area contributed by atoms with Crippen LogP contribution >= 0.6 is 11.3 Å². The van der Waals surface area contributed by atoms with Crippen LogP contribution in [-0.2, 0) is 17.6 Å². The van der Waals surface area contributed by atoms with Crippen LogP contribution in [0.3, 0.4) is 0 Å². The summed E-state index contributed by atoms with van der Waals surface area (Å²) in [7, 11) is 0. The molecule has 0 saturated carbocycles. The highest BCUT2D eigenvalue weighted by Crippen LogP contribution is 2.25. The molecule has 2 nitrogen and oxygen atoms in total. The van der Waals surface area contributed by atoms with Crippen molar-refractivity contribution in [2.24, 2.45) is 11.1 Å². The molecule has 1 aromatic rings. The Bertz CT molecular complexity index is 353. The monoisotopic (exact) mass is 239 g/mol. The second kappa shape index (κ2) is 5.60. The van der Waals surface area contributed by atoms with Crippen LogP contribution in [0.25, 0.3) is 0 Å². The van der Waals surface area contributed by atoms with Crippen LogP contribution in [0.15, 0.2) is 12.1 Å². The number of Topliss-reactive ketones (excluding diaryl/α,β-unsaturated/α-hetero) is 1. The number of thiophene rings is 1. The minimum atomic E-state index is -0.351. The molecule has 0 aliphatic heterocycles. The van der Waals surface area contributed by atoms with Crippen molar-refractivity contribution in [2.75, 3.05) is 6.54 Å². The maximum Gasteiger partial charge on any atom is 0.145 e. The molecule has 0 aliphatic carbocycles. The number of hydrogen-bond donors (Lipinski definition) is 1. The number of carbonyl (C=O) groups is 1. The molecule has 1 aromatic heterocycles. The number of hydrogen-bond acceptors (Lipinski definition) is 3. The summed E-state index contributed by atoms with van der Waals surface area (Å²) in [6.45, 7) is 6.56. The molecule has 0 spiro atoms. The maximum absolute atomic E-state index is 12.1. The first kappa shape index (κ1) is 13.4. The predicted octanol–water partition coefficient (Wildman–Crippen LogP) is 2.80. The molecule has 0 aromatic carbocycles. The molecular formula is C13H21NOS. The summed E-state index contributed by atoms with van der Waals surface area (Å²) >= 11 is 1.74. The molecule has 0 saturated heterocycles. The van der Waals surface area contributed by atoms with Gasteiger partial charge in [0.15, 0.2) is 0 Å². The number of rotatable bonds is 6. The van der Waals surface area contributed by atoms with Gasteiger partial charge in [0.2, 0.25) is 0 Å². The zero-order valence-electron chi connectivity index (χ0n) is 10.4. The largest absolute Gasteiger partial charge is 0.329 e. The van der Waals surface area contributed by atoms with Crippen molar-refractivity contribution in [1.82, 2.24) is 0 Å². The molecular weight excluding hydrogens is 218 g/mol. The Morgan fingerprint density at radius 2 is 2.00 bits per heavy atom. The Kier molecular flexibility index (Phi) is 4.69. The highest BCUT2D eigenvalue weighted by molar-refractivity contribution is 7.12. The molecule has 0 radical (unpaired) electrons. The summed E-state index contributed by atoms with van der Waals surface area (Å²) in [5.74, 6) is 0.266. The van der Waals surface area contributed by atoms with Crippen LogP contribution in [0.4, 0.5) is 0 Å². The van der Waals surface area contributed by atoms with Gasteiger partial charge in [-0.3, -0.25) is 4.79 Å². The van der Waals surface area contributed by atoms with Gasteiger partial charge in [-0.1, -0.05) is 20.8 Å². The maximum atomic E-state index is 12.1. The standard InChI is InChI=1S/C13H21NOS/c1-4-10-6-7-11(16-10)8-12(15)13(3,5-2)9-14/h6-7H,4-5,8-9,14H2,1-3H3. The number of nitrogens with two attached hydrogens (primary N) is 1. The quantitative estimate of drug-likeness (QED) is 0.829. The molecule has 2 N–H and O–H groups in total. The normalized spacial score (nSPS) is 14.8. The summed E-state index contributed by atoms with van der Waals surface area (Å²) in [5, 5.41) is 0. The molecule has 0 bridgehead atoms. The average Bonchev–Trinajstić information content (AvgIpc) is 2.75. The molecule has 90 valence electrons. The second-order valence-corrected chi connectivity index (χ2v) is 5.69. The van der Waals surface area contributed by atoms with Crippen molar-refractivity contribution in [3.05, 3.63) is 21.9 Å². The third-order valence-electron chi connectivity index (χ3n) is 3.30. The highest BCUT2D eigenvalue weighted by atomic mass is 32.1. The summed E-state index contributed by atoms with van der Waals surface area (Å²) < 4.78 is 0. The van der Waals surface area contributed by atoms with Crippen LogP contribution in [0.5, 0.6) is 0 Å². The van der Waals surface area contributed by atoms with Gasteiger partial charge in [-0.05, 0) is 25.0 Å². The number of ketones is 1. The Labute approximate surface area is 102 Å². The smallest absolute Gasteiger partial charge is 0.145 e. The van der Waals surface area contributed by atoms with Crippen molar-refractivity contribution >= 4 is 17.1 Å². The van der Waals surface area contributed by atoms with Crippen molar-refractivity contribution in [1.29, 1.82) is 0 Å². The lowest BCUT2D eigenvalue weighted by Crippen LogP contribution is -2.36. The lowest BCUT2D eigenvalue weighted by molar-refractivity contribution is -0.126. The van der Waals surface area contributed by atoms with E-state index in [2.05, 4.69) is 19.1 Å². The Balaban J connectivity index is 2.70. The minimum Gasteiger partial charge on any atom is -0.329 e. The SMILES string of the molecule is CCc1ccc(CC(=O)C(C)(CC)CN)s1. The van der Waals surface area contributed by atoms with E-state index >= 15 is 0 Å². The van der Waals surface area contributed by atoms with Gasteiger partial charge in [-0.15, -0.1) is 11.3 Å². The van der Waals surface area contributed by atoms with Gasteiger partial charge < -0.3 is 5.73 Å². The fourth-order valence-electron chi connectivity index (χ4n) is 1.53. The van der Waals surface area contributed by atoms with Gasteiger partial charge in [-0.2, -0.15) is 0 Å². The van der Waals surface area contributed by atoms with E-state index in [0.717, 1.165) is 17.7 Å². The molecule has 1 unspecified atom stereocenters. The Morgan fingerprint density at radius 3 is 2.44 bits per heavy atom. The summed E-state index contributed by atoms with van der Waals surface area (Å²) in [6.07, 6.45) is 2.39. The van der Waals surface area contributed by atoms with Gasteiger partial charge in [0.25, 0.3) is 0 Å². The van der Waals surface area contributed by atoms with Crippen LogP contribution in [-0.4, -0.2) is 12.3 Å². The highest BCUT2D eigenvalue weighted by Gasteiger charge is 2.29. The Hall–Kier alpha value is -0.670. The van der Waals surface area contributed by atoms with E-state index in [4.69, 9.17) is 5.73 Å². The van der Waals surface area contributed by atoms with Crippen molar-refractivity contribution in [3.63, 3.8) is 0 Å². The predicted molar refractivity (Wildman–Crippen MR) is 69.9 cm³/mol. The van der Waals surface area contributed by atoms with Crippen LogP contribution in [0.1, 0.15) is 36.9 Å². The van der Waals surface area contributed by atoms with Crippen molar-refractivity contribution in [3.8, 4) is 0 Å². The van der Waals surface area contributed by atoms with E-state index < -0.39 is 0 Å². The average molecular weight is 239 g/mol. The van der Waals surface area contributed by atoms with Crippen LogP contribution in [0, 0.1) is 5.41 Å². The second-order valence-electron chi connectivity index (χ2n) is 4.44. The van der Waals surface area contributed by atoms with E-state index in [-0.39, 0.29) is 11.2 Å². The summed E-state index contributed by atoms with van der Waals surface area (Å²) in [4.78, 5) is 14.6. The van der Waals surface area contributed by atoms with E-state index in [1.165, 1.54) is 4.88 Å². The van der Waals surface area contributed by atoms with E-state index in [1.807, 2.05) is 13.8 Å².